The Balaban J connectivity index is 1.43. The molecule has 1 aliphatic rings. The van der Waals surface area contributed by atoms with Crippen molar-refractivity contribution in [1.82, 2.24) is 9.88 Å². The molecule has 132 valence electrons. The van der Waals surface area contributed by atoms with Crippen LogP contribution >= 0.6 is 0 Å². The number of carbonyl (C=O) groups is 1. The normalized spacial score (nSPS) is 14.6. The molecule has 3 aromatic rings. The minimum atomic E-state index is 0.103. The second-order valence-corrected chi connectivity index (χ2v) is 6.59. The van der Waals surface area contributed by atoms with Crippen LogP contribution in [-0.2, 0) is 11.2 Å². The van der Waals surface area contributed by atoms with E-state index in [0.29, 0.717) is 19.5 Å². The van der Waals surface area contributed by atoms with Crippen LogP contribution in [0.25, 0.3) is 10.8 Å². The molecule has 2 aromatic carbocycles. The van der Waals surface area contributed by atoms with Crippen molar-refractivity contribution in [1.29, 1.82) is 0 Å². The van der Waals surface area contributed by atoms with Gasteiger partial charge in [-0.1, -0.05) is 36.4 Å². The van der Waals surface area contributed by atoms with E-state index in [1.807, 2.05) is 35.5 Å². The lowest BCUT2D eigenvalue weighted by molar-refractivity contribution is -0.130. The number of anilines is 1. The minimum absolute atomic E-state index is 0.103. The van der Waals surface area contributed by atoms with E-state index in [9.17, 15) is 9.90 Å². The molecule has 1 amide bonds. The third-order valence-electron chi connectivity index (χ3n) is 4.89. The summed E-state index contributed by atoms with van der Waals surface area (Å²) < 4.78 is 0. The summed E-state index contributed by atoms with van der Waals surface area (Å²) in [5, 5.41) is 11.9. The third kappa shape index (κ3) is 3.33. The van der Waals surface area contributed by atoms with Gasteiger partial charge < -0.3 is 14.9 Å². The first-order valence-electron chi connectivity index (χ1n) is 8.84. The summed E-state index contributed by atoms with van der Waals surface area (Å²) in [7, 11) is 0. The summed E-state index contributed by atoms with van der Waals surface area (Å²) in [5.41, 5.74) is 1.97. The number of phenols is 1. The molecule has 0 aliphatic carbocycles. The number of nitrogens with zero attached hydrogens (tertiary/aromatic N) is 3. The Bertz CT molecular complexity index is 928. The number of hydrogen-bond acceptors (Lipinski definition) is 4. The minimum Gasteiger partial charge on any atom is -0.508 e. The molecule has 2 heterocycles. The van der Waals surface area contributed by atoms with E-state index < -0.39 is 0 Å². The number of carbonyl (C=O) groups excluding carboxylic acids is 1. The summed E-state index contributed by atoms with van der Waals surface area (Å²) in [6, 6.07) is 15.2. The predicted octanol–water partition coefficient (Wildman–Crippen LogP) is 2.83. The van der Waals surface area contributed by atoms with Crippen molar-refractivity contribution in [3.8, 4) is 5.75 Å². The lowest BCUT2D eigenvalue weighted by atomic mass is 10.1. The van der Waals surface area contributed by atoms with Crippen LogP contribution in [0.5, 0.6) is 5.75 Å². The molecule has 1 N–H and O–H groups in total. The summed E-state index contributed by atoms with van der Waals surface area (Å²) in [6.07, 6.45) is 4.12. The fourth-order valence-corrected chi connectivity index (χ4v) is 3.50. The van der Waals surface area contributed by atoms with Crippen molar-refractivity contribution in [2.45, 2.75) is 6.42 Å². The third-order valence-corrected chi connectivity index (χ3v) is 4.89. The maximum Gasteiger partial charge on any atom is 0.227 e. The zero-order chi connectivity index (χ0) is 17.9. The fraction of sp³-hybridized carbons (Fsp3) is 0.238. The van der Waals surface area contributed by atoms with E-state index in [1.165, 1.54) is 5.39 Å². The Kier molecular flexibility index (Phi) is 4.44. The first-order chi connectivity index (χ1) is 12.7. The van der Waals surface area contributed by atoms with Gasteiger partial charge in [-0.15, -0.1) is 0 Å². The summed E-state index contributed by atoms with van der Waals surface area (Å²) in [6.45, 7) is 2.98. The smallest absolute Gasteiger partial charge is 0.227 e. The molecular weight excluding hydrogens is 326 g/mol. The molecule has 0 spiro atoms. The molecule has 5 heteroatoms. The molecule has 4 rings (SSSR count). The van der Waals surface area contributed by atoms with Crippen molar-refractivity contribution in [3.63, 3.8) is 0 Å². The molecule has 1 aliphatic heterocycles. The topological polar surface area (TPSA) is 56.7 Å². The van der Waals surface area contributed by atoms with E-state index in [2.05, 4.69) is 22.0 Å². The van der Waals surface area contributed by atoms with Crippen molar-refractivity contribution in [2.75, 3.05) is 31.1 Å². The highest BCUT2D eigenvalue weighted by Crippen LogP contribution is 2.26. The average molecular weight is 347 g/mol. The predicted molar refractivity (Wildman–Crippen MR) is 102 cm³/mol. The Labute approximate surface area is 152 Å². The number of benzene rings is 2. The number of aromatic hydroxyl groups is 1. The maximum atomic E-state index is 12.5. The Morgan fingerprint density at radius 1 is 1.00 bits per heavy atom. The van der Waals surface area contributed by atoms with Crippen LogP contribution in [-0.4, -0.2) is 47.1 Å². The molecule has 5 nitrogen and oxygen atoms in total. The molecule has 1 saturated heterocycles. The van der Waals surface area contributed by atoms with Crippen LogP contribution in [0.4, 0.5) is 5.69 Å². The lowest BCUT2D eigenvalue weighted by Crippen LogP contribution is -2.49. The molecular formula is C21H21N3O2. The number of piperazine rings is 1. The van der Waals surface area contributed by atoms with Gasteiger partial charge in [0.1, 0.15) is 5.75 Å². The SMILES string of the molecule is O=C(Cc1cccc(O)c1)N1CCN(c2cncc3ccccc23)CC1. The van der Waals surface area contributed by atoms with Crippen LogP contribution in [0.2, 0.25) is 0 Å². The van der Waals surface area contributed by atoms with Crippen molar-refractivity contribution < 1.29 is 9.90 Å². The molecule has 0 unspecified atom stereocenters. The molecule has 26 heavy (non-hydrogen) atoms. The zero-order valence-electron chi connectivity index (χ0n) is 14.5. The van der Waals surface area contributed by atoms with Gasteiger partial charge in [-0.05, 0) is 17.7 Å². The van der Waals surface area contributed by atoms with E-state index in [4.69, 9.17) is 0 Å². The Morgan fingerprint density at radius 3 is 2.62 bits per heavy atom. The largest absolute Gasteiger partial charge is 0.508 e. The van der Waals surface area contributed by atoms with Crippen LogP contribution < -0.4 is 4.90 Å². The summed E-state index contributed by atoms with van der Waals surface area (Å²) in [4.78, 5) is 21.1. The standard InChI is InChI=1S/C21H21N3O2/c25-18-6-3-4-16(12-18)13-21(26)24-10-8-23(9-11-24)20-15-22-14-17-5-1-2-7-19(17)20/h1-7,12,14-15,25H,8-11,13H2. The number of aromatic nitrogens is 1. The van der Waals surface area contributed by atoms with Crippen molar-refractivity contribution >= 4 is 22.4 Å². The first-order valence-corrected chi connectivity index (χ1v) is 8.84. The number of phenolic OH excluding ortho intramolecular Hbond substituents is 1. The number of fused-ring (bicyclic) bond motifs is 1. The van der Waals surface area contributed by atoms with Gasteiger partial charge in [-0.25, -0.2) is 0 Å². The highest BCUT2D eigenvalue weighted by atomic mass is 16.3. The number of amides is 1. The van der Waals surface area contributed by atoms with Gasteiger partial charge >= 0.3 is 0 Å². The van der Waals surface area contributed by atoms with E-state index in [1.54, 1.807) is 18.2 Å². The van der Waals surface area contributed by atoms with Crippen molar-refractivity contribution in [2.24, 2.45) is 0 Å². The number of hydrogen-bond donors (Lipinski definition) is 1. The van der Waals surface area contributed by atoms with E-state index in [-0.39, 0.29) is 11.7 Å². The molecule has 0 atom stereocenters. The molecule has 0 radical (unpaired) electrons. The van der Waals surface area contributed by atoms with Gasteiger partial charge in [-0.3, -0.25) is 9.78 Å². The van der Waals surface area contributed by atoms with E-state index in [0.717, 1.165) is 29.7 Å². The van der Waals surface area contributed by atoms with Gasteiger partial charge in [0.05, 0.1) is 18.3 Å². The molecule has 1 fully saturated rings. The fourth-order valence-electron chi connectivity index (χ4n) is 3.50. The lowest BCUT2D eigenvalue weighted by Gasteiger charge is -2.36. The zero-order valence-corrected chi connectivity index (χ0v) is 14.5. The monoisotopic (exact) mass is 347 g/mol. The summed E-state index contributed by atoms with van der Waals surface area (Å²) >= 11 is 0. The highest BCUT2D eigenvalue weighted by molar-refractivity contribution is 5.93. The number of pyridine rings is 1. The van der Waals surface area contributed by atoms with E-state index >= 15 is 0 Å². The van der Waals surface area contributed by atoms with Crippen molar-refractivity contribution in [3.05, 3.63) is 66.5 Å². The van der Waals surface area contributed by atoms with Crippen LogP contribution in [0.15, 0.2) is 60.9 Å². The Morgan fingerprint density at radius 2 is 1.81 bits per heavy atom. The molecule has 1 aromatic heterocycles. The van der Waals surface area contributed by atoms with Gasteiger partial charge in [0.2, 0.25) is 5.91 Å². The highest BCUT2D eigenvalue weighted by Gasteiger charge is 2.22. The summed E-state index contributed by atoms with van der Waals surface area (Å²) in [5.74, 6) is 0.301. The van der Waals surface area contributed by atoms with Gasteiger partial charge in [0.15, 0.2) is 0 Å². The maximum absolute atomic E-state index is 12.5. The van der Waals surface area contributed by atoms with Gasteiger partial charge in [-0.2, -0.15) is 0 Å². The first kappa shape index (κ1) is 16.4. The van der Waals surface area contributed by atoms with Crippen LogP contribution in [0.3, 0.4) is 0 Å². The van der Waals surface area contributed by atoms with Crippen LogP contribution in [0.1, 0.15) is 5.56 Å². The van der Waals surface area contributed by atoms with Crippen LogP contribution in [0, 0.1) is 0 Å². The second kappa shape index (κ2) is 7.04. The second-order valence-electron chi connectivity index (χ2n) is 6.59. The quantitative estimate of drug-likeness (QED) is 0.792. The molecule has 0 bridgehead atoms. The molecule has 0 saturated carbocycles. The Hall–Kier alpha value is -3.08. The number of rotatable bonds is 3. The average Bonchev–Trinajstić information content (AvgIpc) is 2.68. The van der Waals surface area contributed by atoms with Gasteiger partial charge in [0.25, 0.3) is 0 Å². The van der Waals surface area contributed by atoms with Gasteiger partial charge in [0, 0.05) is 43.1 Å².